The first-order chi connectivity index (χ1) is 14.5. The zero-order chi connectivity index (χ0) is 21.7. The van der Waals surface area contributed by atoms with Crippen molar-refractivity contribution in [1.82, 2.24) is 0 Å². The largest absolute Gasteiger partial charge is 0.497 e. The summed E-state index contributed by atoms with van der Waals surface area (Å²) in [4.78, 5) is 23.8. The van der Waals surface area contributed by atoms with Gasteiger partial charge in [-0.15, -0.1) is 0 Å². The number of fused-ring (bicyclic) bond motifs is 1. The molecule has 0 unspecified atom stereocenters. The fourth-order valence-electron chi connectivity index (χ4n) is 2.98. The first-order valence-corrected chi connectivity index (χ1v) is 8.88. The van der Waals surface area contributed by atoms with Crippen molar-refractivity contribution in [2.24, 2.45) is 0 Å². The van der Waals surface area contributed by atoms with E-state index in [2.05, 4.69) is 5.32 Å². The molecule has 0 aromatic heterocycles. The predicted octanol–water partition coefficient (Wildman–Crippen LogP) is 4.10. The number of nitrogens with zero attached hydrogens (tertiary/aromatic N) is 1. The molecular weight excluding hydrogens is 384 g/mol. The second-order valence-electron chi connectivity index (χ2n) is 6.28. The summed E-state index contributed by atoms with van der Waals surface area (Å²) in [5.41, 5.74) is 0.690. The maximum atomic E-state index is 12.7. The highest BCUT2D eigenvalue weighted by molar-refractivity contribution is 6.11. The van der Waals surface area contributed by atoms with Gasteiger partial charge >= 0.3 is 5.97 Å². The summed E-state index contributed by atoms with van der Waals surface area (Å²) in [7, 11) is 3.05. The van der Waals surface area contributed by atoms with Crippen LogP contribution in [0.1, 0.15) is 15.9 Å². The standard InChI is InChI=1S/C23H18N2O5/c1-29-18-8-6-14-7-9-21(30-2)20(19(14)12-18)11-16(13-24)22(26)25-17-5-3-4-15(10-17)23(27)28/h3-12H,1-2H3,(H,25,26)(H,27,28)/b16-11-. The number of ether oxygens (including phenoxy) is 2. The molecule has 3 rings (SSSR count). The van der Waals surface area contributed by atoms with E-state index in [1.807, 2.05) is 24.3 Å². The Morgan fingerprint density at radius 2 is 1.83 bits per heavy atom. The van der Waals surface area contributed by atoms with Gasteiger partial charge in [0.2, 0.25) is 0 Å². The van der Waals surface area contributed by atoms with Crippen LogP contribution in [-0.2, 0) is 4.79 Å². The second kappa shape index (κ2) is 8.80. The number of nitrogens with one attached hydrogen (secondary N) is 1. The van der Waals surface area contributed by atoms with Crippen molar-refractivity contribution in [1.29, 1.82) is 5.26 Å². The number of hydrogen-bond acceptors (Lipinski definition) is 5. The number of carbonyl (C=O) groups is 2. The van der Waals surface area contributed by atoms with Crippen molar-refractivity contribution in [3.05, 3.63) is 71.3 Å². The highest BCUT2D eigenvalue weighted by Gasteiger charge is 2.15. The molecule has 0 aliphatic carbocycles. The molecule has 30 heavy (non-hydrogen) atoms. The van der Waals surface area contributed by atoms with Crippen molar-refractivity contribution in [3.8, 4) is 17.6 Å². The van der Waals surface area contributed by atoms with Gasteiger partial charge in [-0.3, -0.25) is 4.79 Å². The molecule has 150 valence electrons. The minimum absolute atomic E-state index is 0.0260. The highest BCUT2D eigenvalue weighted by Crippen LogP contribution is 2.32. The van der Waals surface area contributed by atoms with Gasteiger partial charge < -0.3 is 19.9 Å². The number of aromatic carboxylic acids is 1. The minimum atomic E-state index is -1.11. The Kier molecular flexibility index (Phi) is 5.99. The van der Waals surface area contributed by atoms with Crippen LogP contribution >= 0.6 is 0 Å². The van der Waals surface area contributed by atoms with Gasteiger partial charge in [0.15, 0.2) is 0 Å². The fraction of sp³-hybridized carbons (Fsp3) is 0.0870. The first kappa shape index (κ1) is 20.4. The summed E-state index contributed by atoms with van der Waals surface area (Å²) in [6, 6.07) is 16.8. The van der Waals surface area contributed by atoms with Crippen molar-refractivity contribution in [2.45, 2.75) is 0 Å². The van der Waals surface area contributed by atoms with Crippen LogP contribution in [-0.4, -0.2) is 31.2 Å². The van der Waals surface area contributed by atoms with Crippen molar-refractivity contribution < 1.29 is 24.2 Å². The SMILES string of the molecule is COc1ccc2ccc(OC)c(/C=C(/C#N)C(=O)Nc3cccc(C(=O)O)c3)c2c1. The van der Waals surface area contributed by atoms with Crippen LogP contribution in [0, 0.1) is 11.3 Å². The lowest BCUT2D eigenvalue weighted by atomic mass is 10.0. The summed E-state index contributed by atoms with van der Waals surface area (Å²) in [6.45, 7) is 0. The summed E-state index contributed by atoms with van der Waals surface area (Å²) in [6.07, 6.45) is 1.44. The van der Waals surface area contributed by atoms with E-state index in [-0.39, 0.29) is 16.8 Å². The number of rotatable bonds is 6. The van der Waals surface area contributed by atoms with E-state index in [9.17, 15) is 14.9 Å². The molecule has 0 spiro atoms. The molecule has 0 aliphatic heterocycles. The number of anilines is 1. The lowest BCUT2D eigenvalue weighted by molar-refractivity contribution is -0.112. The van der Waals surface area contributed by atoms with Crippen molar-refractivity contribution in [3.63, 3.8) is 0 Å². The van der Waals surface area contributed by atoms with Gasteiger partial charge in [-0.25, -0.2) is 4.79 Å². The van der Waals surface area contributed by atoms with E-state index in [4.69, 9.17) is 14.6 Å². The third-order valence-corrected chi connectivity index (χ3v) is 4.47. The number of carboxylic acid groups (broad SMARTS) is 1. The topological polar surface area (TPSA) is 109 Å². The van der Waals surface area contributed by atoms with E-state index in [0.29, 0.717) is 17.1 Å². The van der Waals surface area contributed by atoms with Gasteiger partial charge in [-0.05, 0) is 53.2 Å². The minimum Gasteiger partial charge on any atom is -0.497 e. The van der Waals surface area contributed by atoms with Crippen LogP contribution in [0.25, 0.3) is 16.8 Å². The Bertz CT molecular complexity index is 1200. The van der Waals surface area contributed by atoms with E-state index in [1.54, 1.807) is 25.3 Å². The molecule has 7 heteroatoms. The number of nitriles is 1. The molecule has 7 nitrogen and oxygen atoms in total. The Balaban J connectivity index is 2.04. The number of amides is 1. The summed E-state index contributed by atoms with van der Waals surface area (Å²) in [5, 5.41) is 22.9. The monoisotopic (exact) mass is 402 g/mol. The number of methoxy groups -OCH3 is 2. The van der Waals surface area contributed by atoms with E-state index < -0.39 is 11.9 Å². The lowest BCUT2D eigenvalue weighted by Crippen LogP contribution is -2.14. The third kappa shape index (κ3) is 4.23. The van der Waals surface area contributed by atoms with Crippen LogP contribution in [0.4, 0.5) is 5.69 Å². The summed E-state index contributed by atoms with van der Waals surface area (Å²) < 4.78 is 10.7. The van der Waals surface area contributed by atoms with Crippen LogP contribution in [0.2, 0.25) is 0 Å². The van der Waals surface area contributed by atoms with E-state index >= 15 is 0 Å². The zero-order valence-electron chi connectivity index (χ0n) is 16.3. The van der Waals surface area contributed by atoms with Crippen molar-refractivity contribution in [2.75, 3.05) is 19.5 Å². The Morgan fingerprint density at radius 1 is 1.07 bits per heavy atom. The predicted molar refractivity (Wildman–Crippen MR) is 113 cm³/mol. The Labute approximate surface area is 172 Å². The van der Waals surface area contributed by atoms with Gasteiger partial charge in [-0.1, -0.05) is 18.2 Å². The molecule has 2 N–H and O–H groups in total. The molecule has 3 aromatic rings. The first-order valence-electron chi connectivity index (χ1n) is 8.88. The van der Waals surface area contributed by atoms with Gasteiger partial charge in [0.1, 0.15) is 23.1 Å². The number of carboxylic acids is 1. The number of carbonyl (C=O) groups excluding carboxylic acids is 1. The molecular formula is C23H18N2O5. The van der Waals surface area contributed by atoms with Crippen LogP contribution in [0.15, 0.2) is 60.2 Å². The molecule has 0 aliphatic rings. The Hall–Kier alpha value is -4.31. The maximum Gasteiger partial charge on any atom is 0.335 e. The van der Waals surface area contributed by atoms with Gasteiger partial charge in [0.25, 0.3) is 5.91 Å². The summed E-state index contributed by atoms with van der Waals surface area (Å²) >= 11 is 0. The molecule has 0 fully saturated rings. The quantitative estimate of drug-likeness (QED) is 0.475. The molecule has 0 radical (unpaired) electrons. The Morgan fingerprint density at radius 3 is 2.50 bits per heavy atom. The number of benzene rings is 3. The molecule has 0 saturated heterocycles. The zero-order valence-corrected chi connectivity index (χ0v) is 16.3. The highest BCUT2D eigenvalue weighted by atomic mass is 16.5. The smallest absolute Gasteiger partial charge is 0.335 e. The van der Waals surface area contributed by atoms with Crippen LogP contribution in [0.5, 0.6) is 11.5 Å². The summed E-state index contributed by atoms with van der Waals surface area (Å²) in [5.74, 6) is -0.665. The van der Waals surface area contributed by atoms with Gasteiger partial charge in [-0.2, -0.15) is 5.26 Å². The second-order valence-corrected chi connectivity index (χ2v) is 6.28. The molecule has 3 aromatic carbocycles. The third-order valence-electron chi connectivity index (χ3n) is 4.47. The van der Waals surface area contributed by atoms with Gasteiger partial charge in [0.05, 0.1) is 19.8 Å². The van der Waals surface area contributed by atoms with E-state index in [0.717, 1.165) is 10.8 Å². The molecule has 0 heterocycles. The average Bonchev–Trinajstić information content (AvgIpc) is 2.76. The normalized spacial score (nSPS) is 10.9. The van der Waals surface area contributed by atoms with E-state index in [1.165, 1.54) is 31.4 Å². The average molecular weight is 402 g/mol. The van der Waals surface area contributed by atoms with Crippen LogP contribution in [0.3, 0.4) is 0 Å². The number of hydrogen-bond donors (Lipinski definition) is 2. The molecule has 0 saturated carbocycles. The van der Waals surface area contributed by atoms with Crippen molar-refractivity contribution >= 4 is 34.4 Å². The maximum absolute atomic E-state index is 12.7. The lowest BCUT2D eigenvalue weighted by Gasteiger charge is -2.11. The molecule has 0 bridgehead atoms. The van der Waals surface area contributed by atoms with Crippen LogP contribution < -0.4 is 14.8 Å². The molecule has 1 amide bonds. The van der Waals surface area contributed by atoms with Gasteiger partial charge in [0, 0.05) is 11.3 Å². The molecule has 0 atom stereocenters. The fourth-order valence-corrected chi connectivity index (χ4v) is 2.98.